The average Bonchev–Trinajstić information content (AvgIpc) is 2.97. The van der Waals surface area contributed by atoms with Crippen LogP contribution < -0.4 is 10.6 Å². The molecule has 3 rings (SSSR count). The molecule has 0 fully saturated rings. The number of rotatable bonds is 5. The summed E-state index contributed by atoms with van der Waals surface area (Å²) < 4.78 is 25.5. The van der Waals surface area contributed by atoms with Crippen molar-refractivity contribution in [2.45, 2.75) is 30.4 Å². The third kappa shape index (κ3) is 3.95. The second-order valence-electron chi connectivity index (χ2n) is 5.93. The Morgan fingerprint density at radius 1 is 1.27 bits per heavy atom. The second kappa shape index (κ2) is 7.82. The van der Waals surface area contributed by atoms with Crippen molar-refractivity contribution < 1.29 is 13.2 Å². The van der Waals surface area contributed by atoms with E-state index in [-0.39, 0.29) is 5.75 Å². The molecule has 1 aromatic heterocycles. The summed E-state index contributed by atoms with van der Waals surface area (Å²) in [5, 5.41) is 6.50. The molecule has 2 N–H and O–H groups in total. The van der Waals surface area contributed by atoms with E-state index in [0.717, 1.165) is 23.3 Å². The molecule has 8 heteroatoms. The highest BCUT2D eigenvalue weighted by Crippen LogP contribution is 2.41. The maximum atomic E-state index is 12.6. The van der Waals surface area contributed by atoms with Gasteiger partial charge in [0.05, 0.1) is 16.5 Å². The van der Waals surface area contributed by atoms with Crippen LogP contribution in [0, 0.1) is 0 Å². The van der Waals surface area contributed by atoms with E-state index in [0.29, 0.717) is 38.3 Å². The lowest BCUT2D eigenvalue weighted by Crippen LogP contribution is -2.19. The zero-order valence-corrected chi connectivity index (χ0v) is 16.6. The van der Waals surface area contributed by atoms with Crippen molar-refractivity contribution in [3.8, 4) is 0 Å². The van der Waals surface area contributed by atoms with Crippen molar-refractivity contribution in [2.75, 3.05) is 16.4 Å². The molecule has 0 aliphatic heterocycles. The van der Waals surface area contributed by atoms with Gasteiger partial charge in [0.2, 0.25) is 0 Å². The Labute approximate surface area is 162 Å². The monoisotopic (exact) mass is 410 g/mol. The number of anilines is 2. The predicted octanol–water partition coefficient (Wildman–Crippen LogP) is 5.19. The van der Waals surface area contributed by atoms with Crippen molar-refractivity contribution >= 4 is 55.6 Å². The average molecular weight is 411 g/mol. The lowest BCUT2D eigenvalue weighted by Gasteiger charge is -2.11. The van der Waals surface area contributed by atoms with E-state index in [1.165, 1.54) is 0 Å². The Hall–Kier alpha value is -1.83. The second-order valence-corrected chi connectivity index (χ2v) is 9.66. The van der Waals surface area contributed by atoms with E-state index < -0.39 is 15.9 Å². The van der Waals surface area contributed by atoms with Gasteiger partial charge in [-0.25, -0.2) is 13.2 Å². The number of thiophene rings is 1. The lowest BCUT2D eigenvalue weighted by atomic mass is 10.0. The molecular weight excluding hydrogens is 392 g/mol. The van der Waals surface area contributed by atoms with E-state index >= 15 is 0 Å². The van der Waals surface area contributed by atoms with E-state index in [9.17, 15) is 13.2 Å². The first-order chi connectivity index (χ1) is 12.4. The number of hydrogen-bond acceptors (Lipinski definition) is 4. The molecule has 1 heterocycles. The van der Waals surface area contributed by atoms with Gasteiger partial charge in [0.15, 0.2) is 9.84 Å². The van der Waals surface area contributed by atoms with Crippen LogP contribution >= 0.6 is 22.9 Å². The molecule has 5 nitrogen and oxygen atoms in total. The summed E-state index contributed by atoms with van der Waals surface area (Å²) in [6.45, 7) is 1.84. The highest BCUT2D eigenvalue weighted by Gasteiger charge is 2.27. The van der Waals surface area contributed by atoms with Gasteiger partial charge in [0, 0.05) is 5.56 Å². The van der Waals surface area contributed by atoms with Gasteiger partial charge in [0.25, 0.3) is 0 Å². The molecule has 0 saturated heterocycles. The summed E-state index contributed by atoms with van der Waals surface area (Å²) in [5.41, 5.74) is 2.08. The summed E-state index contributed by atoms with van der Waals surface area (Å²) in [4.78, 5) is 12.4. The minimum Gasteiger partial charge on any atom is -0.306 e. The molecular formula is C18H19ClN2O3S2. The molecule has 0 saturated carbocycles. The molecule has 1 aliphatic rings. The fraction of sp³-hybridized carbons (Fsp3) is 0.278. The van der Waals surface area contributed by atoms with Crippen LogP contribution in [0.2, 0.25) is 5.02 Å². The van der Waals surface area contributed by atoms with Crippen LogP contribution in [-0.4, -0.2) is 20.2 Å². The van der Waals surface area contributed by atoms with Crippen molar-refractivity contribution in [1.82, 2.24) is 0 Å². The van der Waals surface area contributed by atoms with Crippen LogP contribution in [0.15, 0.2) is 34.6 Å². The van der Waals surface area contributed by atoms with Gasteiger partial charge in [-0.3, -0.25) is 5.32 Å². The molecule has 0 unspecified atom stereocenters. The van der Waals surface area contributed by atoms with Gasteiger partial charge in [-0.05, 0) is 37.0 Å². The molecule has 0 bridgehead atoms. The van der Waals surface area contributed by atoms with Crippen LogP contribution in [0.3, 0.4) is 0 Å². The maximum absolute atomic E-state index is 12.6. The molecule has 26 heavy (non-hydrogen) atoms. The molecule has 138 valence electrons. The zero-order chi connectivity index (χ0) is 18.7. The van der Waals surface area contributed by atoms with Crippen LogP contribution in [-0.2, 0) is 16.3 Å². The number of allylic oxidation sites excluding steroid dienone is 1. The molecule has 2 amide bonds. The number of para-hydroxylation sites is 1. The Kier molecular flexibility index (Phi) is 5.70. The highest BCUT2D eigenvalue weighted by molar-refractivity contribution is 7.93. The predicted molar refractivity (Wildman–Crippen MR) is 108 cm³/mol. The van der Waals surface area contributed by atoms with Crippen molar-refractivity contribution in [2.24, 2.45) is 0 Å². The standard InChI is InChI=1S/C18H19ClN2O3S2/c1-2-11-26(23,24)17-13-8-4-3-7-12(13)16(25-17)21-18(22)20-15-10-6-5-9-14(15)19/h4-6,8-10H,2-3,7,11H2,1H3,(H2,20,21,22). The summed E-state index contributed by atoms with van der Waals surface area (Å²) in [5.74, 6) is 0.0963. The Balaban J connectivity index is 1.89. The number of carbonyl (C=O) groups is 1. The van der Waals surface area contributed by atoms with Crippen molar-refractivity contribution in [1.29, 1.82) is 0 Å². The summed E-state index contributed by atoms with van der Waals surface area (Å²) in [7, 11) is -3.36. The highest BCUT2D eigenvalue weighted by atomic mass is 35.5. The summed E-state index contributed by atoms with van der Waals surface area (Å²) >= 11 is 7.18. The van der Waals surface area contributed by atoms with Gasteiger partial charge in [0.1, 0.15) is 9.21 Å². The number of sulfone groups is 1. The van der Waals surface area contributed by atoms with Crippen molar-refractivity contribution in [3.05, 3.63) is 46.5 Å². The van der Waals surface area contributed by atoms with E-state index in [1.54, 1.807) is 24.3 Å². The Bertz CT molecular complexity index is 965. The first-order valence-corrected chi connectivity index (χ1v) is 11.1. The lowest BCUT2D eigenvalue weighted by molar-refractivity contribution is 0.262. The number of benzene rings is 1. The molecule has 0 spiro atoms. The first kappa shape index (κ1) is 18.9. The first-order valence-electron chi connectivity index (χ1n) is 8.30. The molecule has 0 radical (unpaired) electrons. The molecule has 2 aromatic rings. The molecule has 1 aromatic carbocycles. The van der Waals surface area contributed by atoms with Gasteiger partial charge < -0.3 is 5.32 Å². The van der Waals surface area contributed by atoms with Crippen molar-refractivity contribution in [3.63, 3.8) is 0 Å². The third-order valence-electron chi connectivity index (χ3n) is 3.96. The van der Waals surface area contributed by atoms with Gasteiger partial charge in [-0.15, -0.1) is 11.3 Å². The number of carbonyl (C=O) groups excluding carboxylic acids is 1. The normalized spacial score (nSPS) is 13.3. The number of hydrogen-bond donors (Lipinski definition) is 2. The number of nitrogens with one attached hydrogen (secondary N) is 2. The number of amides is 2. The topological polar surface area (TPSA) is 75.3 Å². The maximum Gasteiger partial charge on any atom is 0.324 e. The van der Waals surface area contributed by atoms with Crippen LogP contribution in [0.4, 0.5) is 15.5 Å². The number of halogens is 1. The van der Waals surface area contributed by atoms with E-state index in [1.807, 2.05) is 19.1 Å². The summed E-state index contributed by atoms with van der Waals surface area (Å²) in [6.07, 6.45) is 5.88. The smallest absolute Gasteiger partial charge is 0.306 e. The van der Waals surface area contributed by atoms with Gasteiger partial charge >= 0.3 is 6.03 Å². The Morgan fingerprint density at radius 2 is 2.04 bits per heavy atom. The number of fused-ring (bicyclic) bond motifs is 1. The van der Waals surface area contributed by atoms with Crippen LogP contribution in [0.1, 0.15) is 30.9 Å². The van der Waals surface area contributed by atoms with Crippen LogP contribution in [0.25, 0.3) is 6.08 Å². The third-order valence-corrected chi connectivity index (χ3v) is 7.99. The van der Waals surface area contributed by atoms with E-state index in [2.05, 4.69) is 10.6 Å². The number of urea groups is 1. The SMILES string of the molecule is CCCS(=O)(=O)c1sc(NC(=O)Nc2ccccc2Cl)c2c1C=CCC2. The fourth-order valence-corrected chi connectivity index (χ4v) is 6.22. The largest absolute Gasteiger partial charge is 0.324 e. The molecule has 1 aliphatic carbocycles. The van der Waals surface area contributed by atoms with Gasteiger partial charge in [-0.1, -0.05) is 42.8 Å². The van der Waals surface area contributed by atoms with E-state index in [4.69, 9.17) is 11.6 Å². The molecule has 0 atom stereocenters. The van der Waals surface area contributed by atoms with Crippen LogP contribution in [0.5, 0.6) is 0 Å². The minimum atomic E-state index is -3.36. The summed E-state index contributed by atoms with van der Waals surface area (Å²) in [6, 6.07) is 6.49. The van der Waals surface area contributed by atoms with Gasteiger partial charge in [-0.2, -0.15) is 0 Å². The Morgan fingerprint density at radius 3 is 2.77 bits per heavy atom. The quantitative estimate of drug-likeness (QED) is 0.712. The fourth-order valence-electron chi connectivity index (χ4n) is 2.81. The minimum absolute atomic E-state index is 0.0963. The zero-order valence-electron chi connectivity index (χ0n) is 14.2.